The van der Waals surface area contributed by atoms with Crippen LogP contribution in [0.5, 0.6) is 0 Å². The quantitative estimate of drug-likeness (QED) is 0.889. The SMILES string of the molecule is c1ccc2nc(NN3NC[C@]4(CC5CCC4CC5)O3)ncc2c1. The highest BCUT2D eigenvalue weighted by atomic mass is 16.8. The van der Waals surface area contributed by atoms with Gasteiger partial charge in [-0.25, -0.2) is 20.8 Å². The van der Waals surface area contributed by atoms with Crippen molar-refractivity contribution in [2.24, 2.45) is 11.8 Å². The number of para-hydroxylation sites is 1. The van der Waals surface area contributed by atoms with Gasteiger partial charge < -0.3 is 0 Å². The Hall–Kier alpha value is -1.76. The lowest BCUT2D eigenvalue weighted by molar-refractivity contribution is -0.235. The summed E-state index contributed by atoms with van der Waals surface area (Å²) in [5, 5.41) is 2.65. The molecule has 3 aliphatic carbocycles. The Morgan fingerprint density at radius 2 is 2.09 bits per heavy atom. The highest BCUT2D eigenvalue weighted by Gasteiger charge is 2.52. The van der Waals surface area contributed by atoms with E-state index in [0.29, 0.717) is 11.9 Å². The standard InChI is InChI=1S/C17H21N5O/c1-2-4-15-13(3-1)10-18-16(20-15)21-22-19-11-17(23-22)9-12-5-7-14(17)8-6-12/h1-4,10,12,14,19H,5-9,11H2,(H,18,20,21)/t12?,14?,17-/m0/s1. The second-order valence-electron chi connectivity index (χ2n) is 7.07. The van der Waals surface area contributed by atoms with Crippen LogP contribution in [0.1, 0.15) is 32.1 Å². The number of aromatic nitrogens is 2. The fraction of sp³-hybridized carbons (Fsp3) is 0.529. The van der Waals surface area contributed by atoms with Gasteiger partial charge in [-0.2, -0.15) is 0 Å². The van der Waals surface area contributed by atoms with E-state index in [4.69, 9.17) is 4.84 Å². The lowest BCUT2D eigenvalue weighted by Gasteiger charge is -2.47. The van der Waals surface area contributed by atoms with Crippen molar-refractivity contribution < 1.29 is 4.84 Å². The number of hydrogen-bond donors (Lipinski definition) is 2. The largest absolute Gasteiger partial charge is 0.257 e. The minimum absolute atomic E-state index is 0.0367. The Morgan fingerprint density at radius 1 is 1.22 bits per heavy atom. The summed E-state index contributed by atoms with van der Waals surface area (Å²) in [6, 6.07) is 7.97. The molecule has 1 atom stereocenters. The third-order valence-electron chi connectivity index (χ3n) is 5.71. The molecule has 0 unspecified atom stereocenters. The second-order valence-corrected chi connectivity index (χ2v) is 7.07. The first-order valence-corrected chi connectivity index (χ1v) is 8.52. The number of hydrogen-bond acceptors (Lipinski definition) is 6. The topological polar surface area (TPSA) is 62.3 Å². The normalized spacial score (nSPS) is 33.6. The van der Waals surface area contributed by atoms with Crippen LogP contribution in [0.2, 0.25) is 0 Å². The molecule has 23 heavy (non-hydrogen) atoms. The van der Waals surface area contributed by atoms with Crippen LogP contribution in [-0.2, 0) is 4.84 Å². The molecule has 6 heteroatoms. The van der Waals surface area contributed by atoms with Gasteiger partial charge in [0.2, 0.25) is 5.95 Å². The fourth-order valence-electron chi connectivity index (χ4n) is 4.51. The van der Waals surface area contributed by atoms with E-state index in [1.54, 1.807) is 5.28 Å². The Labute approximate surface area is 135 Å². The molecule has 0 amide bonds. The maximum atomic E-state index is 6.27. The number of anilines is 1. The van der Waals surface area contributed by atoms with E-state index >= 15 is 0 Å². The lowest BCUT2D eigenvalue weighted by Crippen LogP contribution is -2.50. The van der Waals surface area contributed by atoms with Crippen molar-refractivity contribution in [3.8, 4) is 0 Å². The predicted octanol–water partition coefficient (Wildman–Crippen LogP) is 2.66. The van der Waals surface area contributed by atoms with Crippen LogP contribution in [0, 0.1) is 11.8 Å². The van der Waals surface area contributed by atoms with Gasteiger partial charge in [-0.15, -0.1) is 0 Å². The molecule has 4 aliphatic rings. The van der Waals surface area contributed by atoms with Crippen LogP contribution in [0.15, 0.2) is 30.5 Å². The summed E-state index contributed by atoms with van der Waals surface area (Å²) in [5.74, 6) is 2.05. The minimum Gasteiger partial charge on any atom is -0.257 e. The fourth-order valence-corrected chi connectivity index (χ4v) is 4.51. The van der Waals surface area contributed by atoms with Gasteiger partial charge in [0.1, 0.15) is 5.60 Å². The van der Waals surface area contributed by atoms with Crippen molar-refractivity contribution in [2.75, 3.05) is 12.0 Å². The van der Waals surface area contributed by atoms with Gasteiger partial charge in [-0.05, 0) is 55.3 Å². The van der Waals surface area contributed by atoms with Gasteiger partial charge in [-0.3, -0.25) is 4.84 Å². The Bertz CT molecular complexity index is 730. The van der Waals surface area contributed by atoms with Crippen LogP contribution in [0.3, 0.4) is 0 Å². The van der Waals surface area contributed by atoms with E-state index in [9.17, 15) is 0 Å². The molecule has 1 spiro atoms. The zero-order valence-electron chi connectivity index (χ0n) is 13.0. The Morgan fingerprint density at radius 3 is 2.91 bits per heavy atom. The van der Waals surface area contributed by atoms with E-state index in [2.05, 4.69) is 20.8 Å². The molecule has 2 heterocycles. The van der Waals surface area contributed by atoms with E-state index in [1.807, 2.05) is 30.5 Å². The van der Waals surface area contributed by atoms with Crippen LogP contribution in [0.4, 0.5) is 5.95 Å². The van der Waals surface area contributed by atoms with Gasteiger partial charge >= 0.3 is 0 Å². The summed E-state index contributed by atoms with van der Waals surface area (Å²) in [5.41, 5.74) is 7.35. The molecule has 1 aromatic carbocycles. The molecule has 120 valence electrons. The number of rotatable bonds is 2. The van der Waals surface area contributed by atoms with Crippen molar-refractivity contribution in [1.29, 1.82) is 0 Å². The van der Waals surface area contributed by atoms with Crippen molar-refractivity contribution in [3.05, 3.63) is 30.5 Å². The van der Waals surface area contributed by atoms with Crippen molar-refractivity contribution >= 4 is 16.9 Å². The monoisotopic (exact) mass is 311 g/mol. The first kappa shape index (κ1) is 13.7. The third kappa shape index (κ3) is 2.29. The molecule has 0 radical (unpaired) electrons. The predicted molar refractivity (Wildman–Crippen MR) is 86.9 cm³/mol. The van der Waals surface area contributed by atoms with Gasteiger partial charge in [0.15, 0.2) is 0 Å². The van der Waals surface area contributed by atoms with E-state index in [-0.39, 0.29) is 5.60 Å². The Kier molecular flexibility index (Phi) is 3.04. The maximum Gasteiger partial charge on any atom is 0.241 e. The van der Waals surface area contributed by atoms with E-state index < -0.39 is 0 Å². The van der Waals surface area contributed by atoms with Gasteiger partial charge in [-0.1, -0.05) is 18.2 Å². The molecule has 3 saturated carbocycles. The van der Waals surface area contributed by atoms with Crippen molar-refractivity contribution in [1.82, 2.24) is 20.7 Å². The highest BCUT2D eigenvalue weighted by Crippen LogP contribution is 2.50. The number of benzene rings is 1. The van der Waals surface area contributed by atoms with Crippen molar-refractivity contribution in [3.63, 3.8) is 0 Å². The minimum atomic E-state index is -0.0367. The molecule has 2 bridgehead atoms. The summed E-state index contributed by atoms with van der Waals surface area (Å²) in [7, 11) is 0. The molecule has 1 saturated heterocycles. The van der Waals surface area contributed by atoms with Crippen LogP contribution in [0.25, 0.3) is 10.9 Å². The smallest absolute Gasteiger partial charge is 0.241 e. The number of fused-ring (bicyclic) bond motifs is 3. The molecule has 1 aliphatic heterocycles. The van der Waals surface area contributed by atoms with E-state index in [0.717, 1.165) is 23.4 Å². The molecule has 6 nitrogen and oxygen atoms in total. The number of hydrazine groups is 2. The van der Waals surface area contributed by atoms with Gasteiger partial charge in [0, 0.05) is 18.1 Å². The molecule has 6 rings (SSSR count). The molecular weight excluding hydrogens is 290 g/mol. The lowest BCUT2D eigenvalue weighted by atomic mass is 9.62. The molecule has 1 aromatic heterocycles. The molecular formula is C17H21N5O. The molecule has 2 N–H and O–H groups in total. The second kappa shape index (κ2) is 5.12. The summed E-state index contributed by atoms with van der Waals surface area (Å²) in [4.78, 5) is 15.2. The van der Waals surface area contributed by atoms with Gasteiger partial charge in [0.25, 0.3) is 0 Å². The Balaban J connectivity index is 1.33. The summed E-state index contributed by atoms with van der Waals surface area (Å²) < 4.78 is 0. The highest BCUT2D eigenvalue weighted by molar-refractivity contribution is 5.78. The van der Waals surface area contributed by atoms with Crippen molar-refractivity contribution in [2.45, 2.75) is 37.7 Å². The zero-order chi connectivity index (χ0) is 15.3. The first-order valence-electron chi connectivity index (χ1n) is 8.52. The van der Waals surface area contributed by atoms with E-state index in [1.165, 1.54) is 32.1 Å². The van der Waals surface area contributed by atoms with Crippen LogP contribution < -0.4 is 10.9 Å². The third-order valence-corrected chi connectivity index (χ3v) is 5.71. The summed E-state index contributed by atoms with van der Waals surface area (Å²) in [6.07, 6.45) is 8.34. The summed E-state index contributed by atoms with van der Waals surface area (Å²) in [6.45, 7) is 0.870. The molecule has 2 aromatic rings. The number of nitrogens with one attached hydrogen (secondary N) is 2. The average molecular weight is 311 g/mol. The zero-order valence-corrected chi connectivity index (χ0v) is 13.0. The first-order chi connectivity index (χ1) is 11.3. The average Bonchev–Trinajstić information content (AvgIpc) is 2.98. The van der Waals surface area contributed by atoms with Crippen LogP contribution in [-0.4, -0.2) is 27.4 Å². The summed E-state index contributed by atoms with van der Waals surface area (Å²) >= 11 is 0. The maximum absolute atomic E-state index is 6.27. The van der Waals surface area contributed by atoms with Gasteiger partial charge in [0.05, 0.1) is 5.52 Å². The molecule has 4 fully saturated rings. The number of nitrogens with zero attached hydrogens (tertiary/aromatic N) is 3. The van der Waals surface area contributed by atoms with Crippen LogP contribution >= 0.6 is 0 Å².